The first kappa shape index (κ1) is 18.5. The average molecular weight is 330 g/mol. The zero-order chi connectivity index (χ0) is 17.5. The van der Waals surface area contributed by atoms with Crippen LogP contribution in [0.15, 0.2) is 30.3 Å². The van der Waals surface area contributed by atoms with Gasteiger partial charge in [-0.25, -0.2) is 0 Å². The lowest BCUT2D eigenvalue weighted by Crippen LogP contribution is -2.44. The van der Waals surface area contributed by atoms with Crippen molar-refractivity contribution in [3.8, 4) is 0 Å². The maximum absolute atomic E-state index is 12.5. The number of benzene rings is 1. The van der Waals surface area contributed by atoms with Crippen molar-refractivity contribution in [2.45, 2.75) is 46.6 Å². The first-order valence-corrected chi connectivity index (χ1v) is 9.05. The lowest BCUT2D eigenvalue weighted by molar-refractivity contribution is -0.131. The minimum atomic E-state index is -0.142. The standard InChI is InChI=1S/C20H30N2O2/c1-14(2)17-10-9-15(3)11-18(17)20(24)22-13-19(23)21-12-16-7-5-4-6-8-16/h4-8,14-15,17-18H,9-13H2,1-3H3,(H,21,23)(H,22,24)/t15?,17-,18+/m0/s1. The highest BCUT2D eigenvalue weighted by molar-refractivity contribution is 5.86. The summed E-state index contributed by atoms with van der Waals surface area (Å²) in [5.74, 6) is 1.44. The Bertz CT molecular complexity index is 542. The largest absolute Gasteiger partial charge is 0.350 e. The van der Waals surface area contributed by atoms with Gasteiger partial charge in [-0.2, -0.15) is 0 Å². The number of carbonyl (C=O) groups excluding carboxylic acids is 2. The van der Waals surface area contributed by atoms with Crippen LogP contribution in [0.2, 0.25) is 0 Å². The van der Waals surface area contributed by atoms with Gasteiger partial charge in [-0.3, -0.25) is 9.59 Å². The summed E-state index contributed by atoms with van der Waals surface area (Å²) in [6, 6.07) is 9.77. The molecule has 24 heavy (non-hydrogen) atoms. The van der Waals surface area contributed by atoms with Crippen LogP contribution in [0.5, 0.6) is 0 Å². The summed E-state index contributed by atoms with van der Waals surface area (Å²) in [6.07, 6.45) is 3.24. The zero-order valence-electron chi connectivity index (χ0n) is 15.0. The fraction of sp³-hybridized carbons (Fsp3) is 0.600. The molecule has 1 aromatic carbocycles. The van der Waals surface area contributed by atoms with Crippen LogP contribution in [0.3, 0.4) is 0 Å². The van der Waals surface area contributed by atoms with E-state index in [1.807, 2.05) is 30.3 Å². The average Bonchev–Trinajstić information content (AvgIpc) is 2.58. The Hall–Kier alpha value is -1.84. The summed E-state index contributed by atoms with van der Waals surface area (Å²) < 4.78 is 0. The molecular formula is C20H30N2O2. The molecule has 1 aromatic rings. The van der Waals surface area contributed by atoms with E-state index in [-0.39, 0.29) is 24.3 Å². The van der Waals surface area contributed by atoms with E-state index in [9.17, 15) is 9.59 Å². The second-order valence-corrected chi connectivity index (χ2v) is 7.41. The third-order valence-electron chi connectivity index (χ3n) is 5.11. The Labute approximate surface area is 145 Å². The molecule has 1 fully saturated rings. The molecule has 0 heterocycles. The van der Waals surface area contributed by atoms with Gasteiger partial charge in [0.1, 0.15) is 0 Å². The second kappa shape index (κ2) is 8.86. The van der Waals surface area contributed by atoms with E-state index in [2.05, 4.69) is 31.4 Å². The van der Waals surface area contributed by atoms with Crippen molar-refractivity contribution in [3.05, 3.63) is 35.9 Å². The van der Waals surface area contributed by atoms with Gasteiger partial charge in [0.25, 0.3) is 0 Å². The van der Waals surface area contributed by atoms with Crippen LogP contribution in [-0.2, 0) is 16.1 Å². The zero-order valence-corrected chi connectivity index (χ0v) is 15.0. The number of nitrogens with one attached hydrogen (secondary N) is 2. The molecule has 0 aliphatic heterocycles. The molecule has 0 aromatic heterocycles. The van der Waals surface area contributed by atoms with E-state index < -0.39 is 0 Å². The third kappa shape index (κ3) is 5.36. The first-order valence-electron chi connectivity index (χ1n) is 9.05. The van der Waals surface area contributed by atoms with Crippen LogP contribution < -0.4 is 10.6 Å². The van der Waals surface area contributed by atoms with Crippen molar-refractivity contribution in [2.75, 3.05) is 6.54 Å². The SMILES string of the molecule is CC1CC[C@@H](C(C)C)[C@H](C(=O)NCC(=O)NCc2ccccc2)C1. The van der Waals surface area contributed by atoms with Gasteiger partial charge in [-0.1, -0.05) is 57.5 Å². The van der Waals surface area contributed by atoms with E-state index >= 15 is 0 Å². The van der Waals surface area contributed by atoms with Gasteiger partial charge in [-0.15, -0.1) is 0 Å². The fourth-order valence-corrected chi connectivity index (χ4v) is 3.66. The molecule has 0 bridgehead atoms. The fourth-order valence-electron chi connectivity index (χ4n) is 3.66. The molecule has 1 saturated carbocycles. The van der Waals surface area contributed by atoms with Crippen molar-refractivity contribution in [1.29, 1.82) is 0 Å². The molecule has 2 amide bonds. The Balaban J connectivity index is 1.79. The molecule has 4 nitrogen and oxygen atoms in total. The van der Waals surface area contributed by atoms with Gasteiger partial charge in [0.2, 0.25) is 11.8 Å². The lowest BCUT2D eigenvalue weighted by Gasteiger charge is -2.36. The van der Waals surface area contributed by atoms with Crippen molar-refractivity contribution >= 4 is 11.8 Å². The summed E-state index contributed by atoms with van der Waals surface area (Å²) in [5.41, 5.74) is 1.05. The number of hydrogen-bond acceptors (Lipinski definition) is 2. The van der Waals surface area contributed by atoms with Crippen LogP contribution in [-0.4, -0.2) is 18.4 Å². The van der Waals surface area contributed by atoms with Gasteiger partial charge in [-0.05, 0) is 36.2 Å². The molecule has 2 N–H and O–H groups in total. The Morgan fingerprint density at radius 1 is 1.12 bits per heavy atom. The maximum Gasteiger partial charge on any atom is 0.239 e. The minimum Gasteiger partial charge on any atom is -0.350 e. The van der Waals surface area contributed by atoms with E-state index in [0.717, 1.165) is 18.4 Å². The molecule has 1 unspecified atom stereocenters. The molecular weight excluding hydrogens is 300 g/mol. The molecule has 0 saturated heterocycles. The number of carbonyl (C=O) groups is 2. The van der Waals surface area contributed by atoms with Crippen LogP contribution in [0.1, 0.15) is 45.6 Å². The number of amides is 2. The van der Waals surface area contributed by atoms with Gasteiger partial charge in [0.15, 0.2) is 0 Å². The minimum absolute atomic E-state index is 0.0371. The summed E-state index contributed by atoms with van der Waals surface area (Å²) >= 11 is 0. The van der Waals surface area contributed by atoms with E-state index in [4.69, 9.17) is 0 Å². The topological polar surface area (TPSA) is 58.2 Å². The quantitative estimate of drug-likeness (QED) is 0.842. The molecule has 0 spiro atoms. The highest BCUT2D eigenvalue weighted by atomic mass is 16.2. The highest BCUT2D eigenvalue weighted by Crippen LogP contribution is 2.37. The van der Waals surface area contributed by atoms with Gasteiger partial charge >= 0.3 is 0 Å². The summed E-state index contributed by atoms with van der Waals surface area (Å²) in [4.78, 5) is 24.5. The Morgan fingerprint density at radius 3 is 2.50 bits per heavy atom. The summed E-state index contributed by atoms with van der Waals surface area (Å²) in [5, 5.41) is 5.69. The molecule has 3 atom stereocenters. The highest BCUT2D eigenvalue weighted by Gasteiger charge is 2.35. The molecule has 4 heteroatoms. The Kier molecular flexibility index (Phi) is 6.83. The van der Waals surface area contributed by atoms with E-state index in [1.54, 1.807) is 0 Å². The predicted molar refractivity (Wildman–Crippen MR) is 96.1 cm³/mol. The molecule has 132 valence electrons. The van der Waals surface area contributed by atoms with Gasteiger partial charge in [0.05, 0.1) is 6.54 Å². The lowest BCUT2D eigenvalue weighted by atomic mass is 9.70. The molecule has 1 aliphatic rings. The normalized spacial score (nSPS) is 23.8. The van der Waals surface area contributed by atoms with Crippen molar-refractivity contribution < 1.29 is 9.59 Å². The van der Waals surface area contributed by atoms with Crippen molar-refractivity contribution in [2.24, 2.45) is 23.7 Å². The van der Waals surface area contributed by atoms with Crippen LogP contribution in [0, 0.1) is 23.7 Å². The molecule has 2 rings (SSSR count). The van der Waals surface area contributed by atoms with Crippen molar-refractivity contribution in [3.63, 3.8) is 0 Å². The summed E-state index contributed by atoms with van der Waals surface area (Å²) in [7, 11) is 0. The third-order valence-corrected chi connectivity index (χ3v) is 5.11. The van der Waals surface area contributed by atoms with Crippen LogP contribution in [0.4, 0.5) is 0 Å². The number of hydrogen-bond donors (Lipinski definition) is 2. The van der Waals surface area contributed by atoms with Gasteiger partial charge in [0, 0.05) is 12.5 Å². The Morgan fingerprint density at radius 2 is 1.83 bits per heavy atom. The van der Waals surface area contributed by atoms with Crippen LogP contribution in [0.25, 0.3) is 0 Å². The molecule has 1 aliphatic carbocycles. The molecule has 0 radical (unpaired) electrons. The smallest absolute Gasteiger partial charge is 0.239 e. The summed E-state index contributed by atoms with van der Waals surface area (Å²) in [6.45, 7) is 7.14. The predicted octanol–water partition coefficient (Wildman–Crippen LogP) is 3.13. The monoisotopic (exact) mass is 330 g/mol. The van der Waals surface area contributed by atoms with E-state index in [0.29, 0.717) is 24.3 Å². The van der Waals surface area contributed by atoms with Gasteiger partial charge < -0.3 is 10.6 Å². The first-order chi connectivity index (χ1) is 11.5. The van der Waals surface area contributed by atoms with E-state index in [1.165, 1.54) is 6.42 Å². The second-order valence-electron chi connectivity index (χ2n) is 7.41. The van der Waals surface area contributed by atoms with Crippen molar-refractivity contribution in [1.82, 2.24) is 10.6 Å². The maximum atomic E-state index is 12.5. The number of rotatable bonds is 6. The van der Waals surface area contributed by atoms with Crippen LogP contribution >= 0.6 is 0 Å².